The summed E-state index contributed by atoms with van der Waals surface area (Å²) in [6.07, 6.45) is 5.75. The Labute approximate surface area is 235 Å². The van der Waals surface area contributed by atoms with Gasteiger partial charge in [0.05, 0.1) is 17.4 Å². The van der Waals surface area contributed by atoms with Crippen LogP contribution >= 0.6 is 0 Å². The Balaban J connectivity index is 1.54. The van der Waals surface area contributed by atoms with Crippen LogP contribution in [0.25, 0.3) is 22.2 Å². The molecule has 1 fully saturated rings. The van der Waals surface area contributed by atoms with Gasteiger partial charge >= 0.3 is 12.2 Å². The van der Waals surface area contributed by atoms with Gasteiger partial charge in [0.15, 0.2) is 0 Å². The zero-order valence-corrected chi connectivity index (χ0v) is 24.7. The maximum absolute atomic E-state index is 12.6. The summed E-state index contributed by atoms with van der Waals surface area (Å²) in [5.41, 5.74) is 2.31. The Morgan fingerprint density at radius 3 is 2.55 bits per heavy atom. The standard InChI is InChI=1S/C29H42N6O5/c1-28(2,3)39-26(36)30-13-14-33(7)18-22-19-34(24-10-8-9-15-38-24)32-25(22)20-11-12-23-21(16-20)17-31-35(23)27(37)40-29(4,5)6/h11-12,16-17,19,24H,8-10,13-15,18H2,1-7H3,(H,30,36). The van der Waals surface area contributed by atoms with Gasteiger partial charge in [0.2, 0.25) is 0 Å². The van der Waals surface area contributed by atoms with Crippen LogP contribution in [-0.4, -0.2) is 74.6 Å². The highest BCUT2D eigenvalue weighted by atomic mass is 16.6. The lowest BCUT2D eigenvalue weighted by Gasteiger charge is -2.22. The first-order chi connectivity index (χ1) is 18.8. The Morgan fingerprint density at radius 2 is 1.88 bits per heavy atom. The van der Waals surface area contributed by atoms with Crippen LogP contribution < -0.4 is 5.32 Å². The van der Waals surface area contributed by atoms with E-state index in [2.05, 4.69) is 21.5 Å². The molecule has 0 radical (unpaired) electrons. The molecule has 1 amide bonds. The smallest absolute Gasteiger partial charge is 0.435 e. The lowest BCUT2D eigenvalue weighted by atomic mass is 10.1. The van der Waals surface area contributed by atoms with Crippen molar-refractivity contribution < 1.29 is 23.8 Å². The van der Waals surface area contributed by atoms with E-state index in [9.17, 15) is 9.59 Å². The first-order valence-corrected chi connectivity index (χ1v) is 13.9. The molecule has 1 aliphatic rings. The minimum Gasteiger partial charge on any atom is -0.444 e. The topological polar surface area (TPSA) is 113 Å². The number of carbonyl (C=O) groups excluding carboxylic acids is 2. The van der Waals surface area contributed by atoms with E-state index in [0.29, 0.717) is 25.2 Å². The molecule has 1 atom stereocenters. The van der Waals surface area contributed by atoms with Gasteiger partial charge in [-0.2, -0.15) is 14.9 Å². The van der Waals surface area contributed by atoms with Crippen molar-refractivity contribution in [3.63, 3.8) is 0 Å². The first kappa shape index (κ1) is 29.5. The highest BCUT2D eigenvalue weighted by molar-refractivity contribution is 5.90. The highest BCUT2D eigenvalue weighted by Gasteiger charge is 2.23. The van der Waals surface area contributed by atoms with Gasteiger partial charge in [0.1, 0.15) is 17.4 Å². The lowest BCUT2D eigenvalue weighted by Crippen LogP contribution is -2.36. The first-order valence-electron chi connectivity index (χ1n) is 13.9. The van der Waals surface area contributed by atoms with E-state index < -0.39 is 23.4 Å². The maximum atomic E-state index is 12.6. The van der Waals surface area contributed by atoms with Gasteiger partial charge in [0.25, 0.3) is 0 Å². The summed E-state index contributed by atoms with van der Waals surface area (Å²) in [6, 6.07) is 5.81. The fourth-order valence-electron chi connectivity index (χ4n) is 4.53. The van der Waals surface area contributed by atoms with E-state index in [0.717, 1.165) is 48.1 Å². The normalized spacial score (nSPS) is 16.4. The van der Waals surface area contributed by atoms with Crippen LogP contribution in [0.5, 0.6) is 0 Å². The van der Waals surface area contributed by atoms with Crippen molar-refractivity contribution in [1.29, 1.82) is 0 Å². The number of amides is 1. The van der Waals surface area contributed by atoms with Crippen molar-refractivity contribution in [2.24, 2.45) is 0 Å². The monoisotopic (exact) mass is 554 g/mol. The summed E-state index contributed by atoms with van der Waals surface area (Å²) in [7, 11) is 2.00. The predicted molar refractivity (Wildman–Crippen MR) is 152 cm³/mol. The van der Waals surface area contributed by atoms with Crippen molar-refractivity contribution in [1.82, 2.24) is 29.8 Å². The number of nitrogens with one attached hydrogen (secondary N) is 1. The van der Waals surface area contributed by atoms with E-state index in [1.165, 1.54) is 4.68 Å². The van der Waals surface area contributed by atoms with Gasteiger partial charge in [-0.25, -0.2) is 14.3 Å². The van der Waals surface area contributed by atoms with E-state index in [-0.39, 0.29) is 6.23 Å². The molecule has 0 aliphatic carbocycles. The molecule has 1 aromatic carbocycles. The Morgan fingerprint density at radius 1 is 1.12 bits per heavy atom. The average Bonchev–Trinajstić information content (AvgIpc) is 3.46. The summed E-state index contributed by atoms with van der Waals surface area (Å²) in [6.45, 7) is 13.4. The van der Waals surface area contributed by atoms with E-state index in [1.807, 2.05) is 71.5 Å². The largest absolute Gasteiger partial charge is 0.444 e. The molecule has 11 nitrogen and oxygen atoms in total. The molecule has 11 heteroatoms. The minimum atomic E-state index is -0.618. The van der Waals surface area contributed by atoms with Gasteiger partial charge in [-0.05, 0) is 80.0 Å². The number of ether oxygens (including phenoxy) is 3. The fraction of sp³-hybridized carbons (Fsp3) is 0.586. The molecule has 1 saturated heterocycles. The maximum Gasteiger partial charge on any atom is 0.435 e. The quantitative estimate of drug-likeness (QED) is 0.417. The number of benzene rings is 1. The van der Waals surface area contributed by atoms with Gasteiger partial charge in [-0.15, -0.1) is 0 Å². The number of nitrogens with zero attached hydrogens (tertiary/aromatic N) is 5. The SMILES string of the molecule is CN(CCNC(=O)OC(C)(C)C)Cc1cn(C2CCCCO2)nc1-c1ccc2c(cnn2C(=O)OC(C)(C)C)c1. The number of hydrogen-bond acceptors (Lipinski definition) is 8. The predicted octanol–water partition coefficient (Wildman–Crippen LogP) is 5.34. The zero-order chi connectivity index (χ0) is 29.1. The molecule has 40 heavy (non-hydrogen) atoms. The van der Waals surface area contributed by atoms with Crippen molar-refractivity contribution in [3.8, 4) is 11.3 Å². The van der Waals surface area contributed by atoms with Gasteiger partial charge in [-0.1, -0.05) is 6.07 Å². The Kier molecular flexibility index (Phi) is 8.84. The van der Waals surface area contributed by atoms with Crippen LogP contribution in [0.2, 0.25) is 0 Å². The van der Waals surface area contributed by atoms with E-state index in [4.69, 9.17) is 19.3 Å². The number of carbonyl (C=O) groups is 2. The van der Waals surface area contributed by atoms with Crippen LogP contribution in [0.3, 0.4) is 0 Å². The third-order valence-electron chi connectivity index (χ3n) is 6.27. The fourth-order valence-corrected chi connectivity index (χ4v) is 4.53. The molecule has 0 saturated carbocycles. The third-order valence-corrected chi connectivity index (χ3v) is 6.27. The summed E-state index contributed by atoms with van der Waals surface area (Å²) in [5, 5.41) is 12.9. The molecule has 4 rings (SSSR count). The van der Waals surface area contributed by atoms with Crippen LogP contribution in [0.1, 0.15) is 72.6 Å². The van der Waals surface area contributed by atoms with Gasteiger partial charge in [0, 0.05) is 49.0 Å². The van der Waals surface area contributed by atoms with Crippen molar-refractivity contribution in [2.45, 2.75) is 84.8 Å². The van der Waals surface area contributed by atoms with Crippen molar-refractivity contribution in [3.05, 3.63) is 36.2 Å². The lowest BCUT2D eigenvalue weighted by molar-refractivity contribution is -0.0394. The van der Waals surface area contributed by atoms with Crippen LogP contribution in [0, 0.1) is 0 Å². The summed E-state index contributed by atoms with van der Waals surface area (Å²) in [5.74, 6) is 0. The summed E-state index contributed by atoms with van der Waals surface area (Å²) < 4.78 is 20.0. The molecular formula is C29H42N6O5. The van der Waals surface area contributed by atoms with Gasteiger partial charge < -0.3 is 24.4 Å². The average molecular weight is 555 g/mol. The second-order valence-corrected chi connectivity index (χ2v) is 12.3. The molecule has 1 aliphatic heterocycles. The molecule has 2 aromatic heterocycles. The molecule has 3 heterocycles. The van der Waals surface area contributed by atoms with Gasteiger partial charge in [-0.3, -0.25) is 0 Å². The highest BCUT2D eigenvalue weighted by Crippen LogP contribution is 2.30. The second kappa shape index (κ2) is 12.0. The Bertz CT molecular complexity index is 1330. The summed E-state index contributed by atoms with van der Waals surface area (Å²) >= 11 is 0. The molecule has 1 unspecified atom stereocenters. The summed E-state index contributed by atoms with van der Waals surface area (Å²) in [4.78, 5) is 26.8. The number of hydrogen-bond donors (Lipinski definition) is 1. The molecule has 3 aromatic rings. The molecule has 218 valence electrons. The van der Waals surface area contributed by atoms with Crippen molar-refractivity contribution in [2.75, 3.05) is 26.7 Å². The molecular weight excluding hydrogens is 512 g/mol. The van der Waals surface area contributed by atoms with E-state index in [1.54, 1.807) is 6.20 Å². The second-order valence-electron chi connectivity index (χ2n) is 12.3. The number of likely N-dealkylation sites (N-methyl/N-ethyl adjacent to an activating group) is 1. The van der Waals surface area contributed by atoms with Crippen LogP contribution in [0.4, 0.5) is 9.59 Å². The number of aromatic nitrogens is 4. The van der Waals surface area contributed by atoms with Crippen LogP contribution in [0.15, 0.2) is 30.6 Å². The molecule has 1 N–H and O–H groups in total. The minimum absolute atomic E-state index is 0.0981. The number of alkyl carbamates (subject to hydrolysis) is 1. The number of rotatable bonds is 7. The van der Waals surface area contributed by atoms with Crippen molar-refractivity contribution >= 4 is 23.1 Å². The third kappa shape index (κ3) is 7.82. The molecule has 0 spiro atoms. The van der Waals surface area contributed by atoms with E-state index >= 15 is 0 Å². The Hall–Kier alpha value is -3.44. The molecule has 0 bridgehead atoms. The van der Waals surface area contributed by atoms with Crippen LogP contribution in [-0.2, 0) is 20.8 Å². The zero-order valence-electron chi connectivity index (χ0n) is 24.7. The number of fused-ring (bicyclic) bond motifs is 1.